The summed E-state index contributed by atoms with van der Waals surface area (Å²) in [4.78, 5) is 25.9. The topological polar surface area (TPSA) is 105 Å². The summed E-state index contributed by atoms with van der Waals surface area (Å²) in [5.74, 6) is -1.48. The predicted molar refractivity (Wildman–Crippen MR) is 76.5 cm³/mol. The molecule has 0 radical (unpaired) electrons. The molecular formula is C14H21N3O3. The van der Waals surface area contributed by atoms with Gasteiger partial charge in [-0.3, -0.25) is 14.6 Å². The number of carbonyl (C=O) groups is 2. The molecule has 110 valence electrons. The molecule has 0 aromatic carbocycles. The smallest absolute Gasteiger partial charge is 0.305 e. The van der Waals surface area contributed by atoms with Crippen LogP contribution < -0.4 is 11.1 Å². The molecule has 4 N–H and O–H groups in total. The number of carboxylic acid groups (broad SMARTS) is 1. The van der Waals surface area contributed by atoms with Gasteiger partial charge in [0.25, 0.3) is 5.91 Å². The second kappa shape index (κ2) is 6.36. The Balaban J connectivity index is 2.85. The van der Waals surface area contributed by atoms with Crippen molar-refractivity contribution in [3.05, 3.63) is 24.0 Å². The molecule has 0 aliphatic rings. The molecule has 1 heterocycles. The summed E-state index contributed by atoms with van der Waals surface area (Å²) in [6.07, 6.45) is 2.16. The van der Waals surface area contributed by atoms with E-state index in [2.05, 4.69) is 10.3 Å². The monoisotopic (exact) mass is 279 g/mol. The Kier molecular flexibility index (Phi) is 5.07. The first-order valence-corrected chi connectivity index (χ1v) is 6.41. The standard InChI is InChI=1S/C14H21N3O3/c1-14(2,3)8-10(7-12(18)19)17-9-4-5-16-11(6-9)13(15)20/h4-6,10H,7-8H2,1-3H3,(H2,15,20)(H,16,17)(H,18,19). The summed E-state index contributed by atoms with van der Waals surface area (Å²) in [6.45, 7) is 6.14. The third kappa shape index (κ3) is 5.69. The van der Waals surface area contributed by atoms with E-state index in [1.807, 2.05) is 20.8 Å². The first-order valence-electron chi connectivity index (χ1n) is 6.41. The Morgan fingerprint density at radius 3 is 2.60 bits per heavy atom. The Labute approximate surface area is 118 Å². The number of carbonyl (C=O) groups excluding carboxylic acids is 1. The number of aromatic nitrogens is 1. The maximum atomic E-state index is 11.1. The molecule has 1 rings (SSSR count). The van der Waals surface area contributed by atoms with Crippen molar-refractivity contribution in [2.75, 3.05) is 5.32 Å². The first kappa shape index (κ1) is 15.9. The fraction of sp³-hybridized carbons (Fsp3) is 0.500. The van der Waals surface area contributed by atoms with Crippen LogP contribution in [0.3, 0.4) is 0 Å². The molecule has 0 bridgehead atoms. The number of nitrogens with two attached hydrogens (primary N) is 1. The number of nitrogens with one attached hydrogen (secondary N) is 1. The Hall–Kier alpha value is -2.11. The number of primary amides is 1. The van der Waals surface area contributed by atoms with Gasteiger partial charge >= 0.3 is 5.97 Å². The van der Waals surface area contributed by atoms with Crippen LogP contribution >= 0.6 is 0 Å². The van der Waals surface area contributed by atoms with Gasteiger partial charge in [-0.05, 0) is 24.0 Å². The van der Waals surface area contributed by atoms with Crippen LogP contribution in [0.2, 0.25) is 0 Å². The van der Waals surface area contributed by atoms with E-state index in [-0.39, 0.29) is 23.6 Å². The molecule has 1 atom stereocenters. The molecule has 1 aromatic rings. The molecule has 0 fully saturated rings. The molecule has 0 spiro atoms. The van der Waals surface area contributed by atoms with Crippen LogP contribution in [0.1, 0.15) is 44.1 Å². The molecule has 1 unspecified atom stereocenters. The van der Waals surface area contributed by atoms with E-state index >= 15 is 0 Å². The molecule has 6 nitrogen and oxygen atoms in total. The summed E-state index contributed by atoms with van der Waals surface area (Å²) in [6, 6.07) is 2.99. The van der Waals surface area contributed by atoms with Crippen LogP contribution in [0.25, 0.3) is 0 Å². The van der Waals surface area contributed by atoms with E-state index in [9.17, 15) is 9.59 Å². The molecular weight excluding hydrogens is 258 g/mol. The molecule has 0 aliphatic heterocycles. The maximum Gasteiger partial charge on any atom is 0.305 e. The van der Waals surface area contributed by atoms with E-state index in [0.29, 0.717) is 12.1 Å². The molecule has 1 amide bonds. The van der Waals surface area contributed by atoms with Gasteiger partial charge in [-0.1, -0.05) is 20.8 Å². The van der Waals surface area contributed by atoms with E-state index < -0.39 is 11.9 Å². The minimum absolute atomic E-state index is 0.00545. The lowest BCUT2D eigenvalue weighted by Gasteiger charge is -2.26. The van der Waals surface area contributed by atoms with Crippen molar-refractivity contribution in [3.63, 3.8) is 0 Å². The number of nitrogens with zero attached hydrogens (tertiary/aromatic N) is 1. The number of pyridine rings is 1. The zero-order valence-electron chi connectivity index (χ0n) is 12.0. The fourth-order valence-electron chi connectivity index (χ4n) is 2.01. The lowest BCUT2D eigenvalue weighted by molar-refractivity contribution is -0.137. The number of anilines is 1. The molecule has 0 saturated heterocycles. The van der Waals surface area contributed by atoms with Gasteiger partial charge in [0.05, 0.1) is 6.42 Å². The summed E-state index contributed by atoms with van der Waals surface area (Å²) in [5, 5.41) is 12.1. The van der Waals surface area contributed by atoms with Gasteiger partial charge < -0.3 is 16.2 Å². The minimum atomic E-state index is -0.865. The Morgan fingerprint density at radius 2 is 2.10 bits per heavy atom. The number of carboxylic acids is 1. The Morgan fingerprint density at radius 1 is 1.45 bits per heavy atom. The van der Waals surface area contributed by atoms with Crippen LogP contribution in [0.5, 0.6) is 0 Å². The second-order valence-corrected chi connectivity index (χ2v) is 6.00. The van der Waals surface area contributed by atoms with Gasteiger partial charge in [-0.25, -0.2) is 0 Å². The van der Waals surface area contributed by atoms with E-state index in [0.717, 1.165) is 0 Å². The normalized spacial score (nSPS) is 12.8. The van der Waals surface area contributed by atoms with Gasteiger partial charge in [0, 0.05) is 17.9 Å². The molecule has 6 heteroatoms. The third-order valence-corrected chi connectivity index (χ3v) is 2.66. The Bertz CT molecular complexity index is 495. The average molecular weight is 279 g/mol. The van der Waals surface area contributed by atoms with Gasteiger partial charge in [-0.2, -0.15) is 0 Å². The third-order valence-electron chi connectivity index (χ3n) is 2.66. The maximum absolute atomic E-state index is 11.1. The molecule has 0 saturated carbocycles. The SMILES string of the molecule is CC(C)(C)CC(CC(=O)O)Nc1ccnc(C(N)=O)c1. The summed E-state index contributed by atoms with van der Waals surface area (Å²) in [7, 11) is 0. The number of hydrogen-bond acceptors (Lipinski definition) is 4. The summed E-state index contributed by atoms with van der Waals surface area (Å²) >= 11 is 0. The minimum Gasteiger partial charge on any atom is -0.481 e. The number of amides is 1. The highest BCUT2D eigenvalue weighted by Crippen LogP contribution is 2.24. The van der Waals surface area contributed by atoms with Crippen LogP contribution in [0.4, 0.5) is 5.69 Å². The molecule has 1 aromatic heterocycles. The molecule has 0 aliphatic carbocycles. The van der Waals surface area contributed by atoms with Crippen molar-refractivity contribution in [2.24, 2.45) is 11.1 Å². The van der Waals surface area contributed by atoms with Crippen molar-refractivity contribution in [2.45, 2.75) is 39.7 Å². The summed E-state index contributed by atoms with van der Waals surface area (Å²) in [5.41, 5.74) is 5.96. The van der Waals surface area contributed by atoms with E-state index in [1.54, 1.807) is 6.07 Å². The quantitative estimate of drug-likeness (QED) is 0.737. The zero-order valence-corrected chi connectivity index (χ0v) is 12.0. The lowest BCUT2D eigenvalue weighted by Crippen LogP contribution is -2.28. The van der Waals surface area contributed by atoms with Crippen LogP contribution in [-0.4, -0.2) is 28.0 Å². The fourth-order valence-corrected chi connectivity index (χ4v) is 2.01. The van der Waals surface area contributed by atoms with Crippen molar-refractivity contribution < 1.29 is 14.7 Å². The zero-order chi connectivity index (χ0) is 15.3. The molecule has 20 heavy (non-hydrogen) atoms. The van der Waals surface area contributed by atoms with Crippen LogP contribution in [0.15, 0.2) is 18.3 Å². The van der Waals surface area contributed by atoms with Crippen molar-refractivity contribution in [1.82, 2.24) is 4.98 Å². The van der Waals surface area contributed by atoms with Gasteiger partial charge in [-0.15, -0.1) is 0 Å². The largest absolute Gasteiger partial charge is 0.481 e. The average Bonchev–Trinajstić information content (AvgIpc) is 2.25. The van der Waals surface area contributed by atoms with Crippen LogP contribution in [-0.2, 0) is 4.79 Å². The number of aliphatic carboxylic acids is 1. The van der Waals surface area contributed by atoms with E-state index in [1.165, 1.54) is 12.3 Å². The van der Waals surface area contributed by atoms with Crippen molar-refractivity contribution in [3.8, 4) is 0 Å². The van der Waals surface area contributed by atoms with Gasteiger partial charge in [0.1, 0.15) is 5.69 Å². The van der Waals surface area contributed by atoms with Crippen LogP contribution in [0, 0.1) is 5.41 Å². The van der Waals surface area contributed by atoms with Gasteiger partial charge in [0.2, 0.25) is 0 Å². The van der Waals surface area contributed by atoms with Crippen molar-refractivity contribution >= 4 is 17.6 Å². The number of hydrogen-bond donors (Lipinski definition) is 3. The summed E-state index contributed by atoms with van der Waals surface area (Å²) < 4.78 is 0. The first-order chi connectivity index (χ1) is 9.17. The highest BCUT2D eigenvalue weighted by molar-refractivity contribution is 5.91. The number of rotatable bonds is 6. The van der Waals surface area contributed by atoms with E-state index in [4.69, 9.17) is 10.8 Å². The van der Waals surface area contributed by atoms with Crippen molar-refractivity contribution in [1.29, 1.82) is 0 Å². The highest BCUT2D eigenvalue weighted by atomic mass is 16.4. The lowest BCUT2D eigenvalue weighted by atomic mass is 9.87. The highest BCUT2D eigenvalue weighted by Gasteiger charge is 2.21. The second-order valence-electron chi connectivity index (χ2n) is 6.00. The van der Waals surface area contributed by atoms with Gasteiger partial charge in [0.15, 0.2) is 0 Å². The predicted octanol–water partition coefficient (Wildman–Crippen LogP) is 1.87.